The molecule has 0 bridgehead atoms. The monoisotopic (exact) mass is 491 g/mol. The topological polar surface area (TPSA) is 72.3 Å². The molecule has 1 aliphatic carbocycles. The van der Waals surface area contributed by atoms with Crippen molar-refractivity contribution in [3.8, 4) is 0 Å². The molecule has 1 aromatic heterocycles. The lowest BCUT2D eigenvalue weighted by atomic mass is 9.89. The Bertz CT molecular complexity index is 1140. The van der Waals surface area contributed by atoms with Gasteiger partial charge in [0.1, 0.15) is 0 Å². The summed E-state index contributed by atoms with van der Waals surface area (Å²) in [6.07, 6.45) is 4.84. The number of hydrogen-bond acceptors (Lipinski definition) is 6. The summed E-state index contributed by atoms with van der Waals surface area (Å²) in [5, 5.41) is 12.9. The first-order valence-corrected chi connectivity index (χ1v) is 13.5. The zero-order valence-electron chi connectivity index (χ0n) is 20.3. The number of nitrogens with zero attached hydrogens (tertiary/aromatic N) is 4. The van der Waals surface area contributed by atoms with Crippen LogP contribution in [-0.4, -0.2) is 52.7 Å². The number of carbonyl (C=O) groups excluding carboxylic acids is 1. The van der Waals surface area contributed by atoms with E-state index in [1.54, 1.807) is 0 Å². The number of aromatic nitrogens is 3. The van der Waals surface area contributed by atoms with Gasteiger partial charge in [-0.25, -0.2) is 0 Å². The van der Waals surface area contributed by atoms with E-state index in [9.17, 15) is 4.79 Å². The van der Waals surface area contributed by atoms with Crippen LogP contribution in [-0.2, 0) is 28.9 Å². The van der Waals surface area contributed by atoms with Crippen molar-refractivity contribution in [3.05, 3.63) is 70.8 Å². The van der Waals surface area contributed by atoms with Crippen LogP contribution in [0.3, 0.4) is 0 Å². The Balaban J connectivity index is 1.25. The van der Waals surface area contributed by atoms with E-state index in [4.69, 9.17) is 4.74 Å². The van der Waals surface area contributed by atoms with Gasteiger partial charge < -0.3 is 15.0 Å². The summed E-state index contributed by atoms with van der Waals surface area (Å²) < 4.78 is 7.63. The average Bonchev–Trinajstić information content (AvgIpc) is 3.30. The van der Waals surface area contributed by atoms with Gasteiger partial charge in [0, 0.05) is 13.1 Å². The van der Waals surface area contributed by atoms with E-state index in [1.165, 1.54) is 53.3 Å². The summed E-state index contributed by atoms with van der Waals surface area (Å²) in [4.78, 5) is 15.1. The predicted octanol–water partition coefficient (Wildman–Crippen LogP) is 4.01. The Kier molecular flexibility index (Phi) is 7.69. The molecule has 8 heteroatoms. The first-order valence-electron chi connectivity index (χ1n) is 12.5. The Morgan fingerprint density at radius 1 is 1.06 bits per heavy atom. The van der Waals surface area contributed by atoms with E-state index in [2.05, 4.69) is 62.2 Å². The summed E-state index contributed by atoms with van der Waals surface area (Å²) in [7, 11) is 0. The minimum atomic E-state index is -0.0265. The summed E-state index contributed by atoms with van der Waals surface area (Å²) in [5.41, 5.74) is 5.25. The molecule has 1 saturated heterocycles. The fourth-order valence-corrected chi connectivity index (χ4v) is 5.55. The minimum Gasteiger partial charge on any atom is -0.378 e. The van der Waals surface area contributed by atoms with Crippen molar-refractivity contribution in [1.29, 1.82) is 0 Å². The number of thioether (sulfide) groups is 1. The molecule has 0 spiro atoms. The van der Waals surface area contributed by atoms with Crippen molar-refractivity contribution < 1.29 is 9.53 Å². The van der Waals surface area contributed by atoms with Crippen LogP contribution in [0.5, 0.6) is 0 Å². The van der Waals surface area contributed by atoms with Gasteiger partial charge >= 0.3 is 0 Å². The summed E-state index contributed by atoms with van der Waals surface area (Å²) in [5.74, 6) is 1.13. The van der Waals surface area contributed by atoms with Gasteiger partial charge in [-0.2, -0.15) is 0 Å². The Labute approximate surface area is 211 Å². The van der Waals surface area contributed by atoms with Crippen LogP contribution in [0.4, 0.5) is 5.95 Å². The molecule has 1 amide bonds. The second-order valence-electron chi connectivity index (χ2n) is 9.27. The molecule has 0 radical (unpaired) electrons. The fourth-order valence-electron chi connectivity index (χ4n) is 4.81. The summed E-state index contributed by atoms with van der Waals surface area (Å²) >= 11 is 1.44. The lowest BCUT2D eigenvalue weighted by Crippen LogP contribution is -2.38. The first-order chi connectivity index (χ1) is 17.2. The third-order valence-electron chi connectivity index (χ3n) is 6.76. The van der Waals surface area contributed by atoms with E-state index in [0.717, 1.165) is 30.6 Å². The maximum Gasteiger partial charge on any atom is 0.230 e. The normalized spacial score (nSPS) is 16.5. The lowest BCUT2D eigenvalue weighted by molar-refractivity contribution is -0.119. The van der Waals surface area contributed by atoms with E-state index < -0.39 is 0 Å². The second-order valence-corrected chi connectivity index (χ2v) is 10.2. The van der Waals surface area contributed by atoms with Crippen LogP contribution in [0.1, 0.15) is 48.1 Å². The predicted molar refractivity (Wildman–Crippen MR) is 139 cm³/mol. The Morgan fingerprint density at radius 3 is 2.63 bits per heavy atom. The molecule has 7 nitrogen and oxygen atoms in total. The van der Waals surface area contributed by atoms with Crippen molar-refractivity contribution in [3.63, 3.8) is 0 Å². The van der Waals surface area contributed by atoms with E-state index in [0.29, 0.717) is 25.5 Å². The Morgan fingerprint density at radius 2 is 1.83 bits per heavy atom. The van der Waals surface area contributed by atoms with Gasteiger partial charge in [0.15, 0.2) is 5.16 Å². The molecule has 5 rings (SSSR count). The molecular weight excluding hydrogens is 458 g/mol. The highest BCUT2D eigenvalue weighted by Gasteiger charge is 2.22. The van der Waals surface area contributed by atoms with Gasteiger partial charge in [0.25, 0.3) is 0 Å². The zero-order valence-corrected chi connectivity index (χ0v) is 21.1. The van der Waals surface area contributed by atoms with E-state index in [1.807, 2.05) is 18.2 Å². The number of nitrogens with one attached hydrogen (secondary N) is 1. The maximum absolute atomic E-state index is 12.9. The van der Waals surface area contributed by atoms with Crippen molar-refractivity contribution in [2.24, 2.45) is 0 Å². The van der Waals surface area contributed by atoms with Gasteiger partial charge in [0.2, 0.25) is 11.9 Å². The molecule has 2 aromatic carbocycles. The quantitative estimate of drug-likeness (QED) is 0.480. The van der Waals surface area contributed by atoms with Gasteiger partial charge in [-0.05, 0) is 54.9 Å². The van der Waals surface area contributed by atoms with Crippen LogP contribution in [0.2, 0.25) is 0 Å². The van der Waals surface area contributed by atoms with Crippen LogP contribution < -0.4 is 10.2 Å². The van der Waals surface area contributed by atoms with E-state index in [-0.39, 0.29) is 11.9 Å². The third kappa shape index (κ3) is 5.87. The van der Waals surface area contributed by atoms with Crippen LogP contribution >= 0.6 is 11.8 Å². The molecule has 35 heavy (non-hydrogen) atoms. The number of morpholine rings is 1. The smallest absolute Gasteiger partial charge is 0.230 e. The molecule has 1 aliphatic heterocycles. The van der Waals surface area contributed by atoms with Gasteiger partial charge in [-0.3, -0.25) is 9.36 Å². The molecule has 2 aliphatic rings. The third-order valence-corrected chi connectivity index (χ3v) is 7.72. The second kappa shape index (κ2) is 11.3. The maximum atomic E-state index is 12.9. The van der Waals surface area contributed by atoms with Gasteiger partial charge in [0.05, 0.1) is 31.6 Å². The van der Waals surface area contributed by atoms with Crippen molar-refractivity contribution >= 4 is 23.6 Å². The van der Waals surface area contributed by atoms with Crippen molar-refractivity contribution in [2.75, 3.05) is 37.0 Å². The number of fused-ring (bicyclic) bond motifs is 1. The van der Waals surface area contributed by atoms with E-state index >= 15 is 0 Å². The molecule has 1 N–H and O–H groups in total. The molecule has 0 saturated carbocycles. The van der Waals surface area contributed by atoms with Crippen molar-refractivity contribution in [2.45, 2.75) is 50.4 Å². The first kappa shape index (κ1) is 23.9. The standard InChI is InChI=1S/C27H33N5O2S/c1-20(23-12-11-22-9-5-6-10-24(22)17-23)28-25(33)19-35-27-30-29-26(31-13-15-34-16-14-31)32(27)18-21-7-3-2-4-8-21/h2-4,7-8,11-12,17,20H,5-6,9-10,13-16,18-19H2,1H3,(H,28,33)/t20-/m1/s1. The highest BCUT2D eigenvalue weighted by Crippen LogP contribution is 2.26. The highest BCUT2D eigenvalue weighted by atomic mass is 32.2. The van der Waals surface area contributed by atoms with Crippen LogP contribution in [0, 0.1) is 0 Å². The molecule has 1 atom stereocenters. The van der Waals surface area contributed by atoms with Gasteiger partial charge in [-0.15, -0.1) is 10.2 Å². The highest BCUT2D eigenvalue weighted by molar-refractivity contribution is 7.99. The number of rotatable bonds is 8. The number of carbonyl (C=O) groups is 1. The van der Waals surface area contributed by atoms with Crippen molar-refractivity contribution in [1.82, 2.24) is 20.1 Å². The Hall–Kier alpha value is -2.84. The number of anilines is 1. The number of benzene rings is 2. The fraction of sp³-hybridized carbons (Fsp3) is 0.444. The van der Waals surface area contributed by atoms with Crippen LogP contribution in [0.15, 0.2) is 53.7 Å². The van der Waals surface area contributed by atoms with Gasteiger partial charge in [-0.1, -0.05) is 60.3 Å². The summed E-state index contributed by atoms with van der Waals surface area (Å²) in [6.45, 7) is 5.66. The SMILES string of the molecule is C[C@@H](NC(=O)CSc1nnc(N2CCOCC2)n1Cc1ccccc1)c1ccc2c(c1)CCCC2. The molecule has 184 valence electrons. The largest absolute Gasteiger partial charge is 0.378 e. The number of hydrogen-bond donors (Lipinski definition) is 1. The number of ether oxygens (including phenoxy) is 1. The zero-order chi connectivity index (χ0) is 24.0. The number of amides is 1. The molecule has 0 unspecified atom stereocenters. The molecular formula is C27H33N5O2S. The number of aryl methyl sites for hydroxylation is 2. The molecule has 1 fully saturated rings. The molecule has 2 heterocycles. The average molecular weight is 492 g/mol. The van der Waals surface area contributed by atoms with Crippen LogP contribution in [0.25, 0.3) is 0 Å². The lowest BCUT2D eigenvalue weighted by Gasteiger charge is -2.28. The minimum absolute atomic E-state index is 0.00223. The summed E-state index contributed by atoms with van der Waals surface area (Å²) in [6, 6.07) is 16.9. The molecule has 3 aromatic rings.